The summed E-state index contributed by atoms with van der Waals surface area (Å²) in [6.45, 7) is -0.432. The Morgan fingerprint density at radius 3 is 2.53 bits per heavy atom. The zero-order chi connectivity index (χ0) is 11.6. The summed E-state index contributed by atoms with van der Waals surface area (Å²) in [5.74, 6) is -2.91. The van der Waals surface area contributed by atoms with Crippen LogP contribution in [0.25, 0.3) is 0 Å². The normalized spacial score (nSPS) is 11.4. The van der Waals surface area contributed by atoms with Gasteiger partial charge in [0.15, 0.2) is 5.69 Å². The molecule has 1 heterocycles. The van der Waals surface area contributed by atoms with Gasteiger partial charge in [-0.25, -0.2) is 4.68 Å². The number of rotatable bonds is 3. The number of nitrogens with zero attached hydrogens (tertiary/aromatic N) is 3. The minimum atomic E-state index is -5.01. The van der Waals surface area contributed by atoms with Gasteiger partial charge in [-0.05, 0) is 0 Å². The highest BCUT2D eigenvalue weighted by molar-refractivity contribution is 5.98. The quantitative estimate of drug-likeness (QED) is 0.698. The third kappa shape index (κ3) is 2.76. The maximum atomic E-state index is 11.9. The Kier molecular flexibility index (Phi) is 2.73. The van der Waals surface area contributed by atoms with Crippen LogP contribution in [0.3, 0.4) is 0 Å². The molecule has 9 heteroatoms. The molecule has 1 amide bonds. The number of ketones is 1. The van der Waals surface area contributed by atoms with E-state index in [1.54, 1.807) is 0 Å². The number of amides is 1. The van der Waals surface area contributed by atoms with Gasteiger partial charge in [0.1, 0.15) is 6.54 Å². The van der Waals surface area contributed by atoms with Crippen molar-refractivity contribution in [1.29, 1.82) is 0 Å². The number of primary amides is 1. The van der Waals surface area contributed by atoms with Crippen LogP contribution >= 0.6 is 0 Å². The monoisotopic (exact) mass is 222 g/mol. The van der Waals surface area contributed by atoms with Crippen LogP contribution in [0, 0.1) is 0 Å². The van der Waals surface area contributed by atoms with E-state index >= 15 is 0 Å². The molecule has 0 aromatic carbocycles. The van der Waals surface area contributed by atoms with Crippen molar-refractivity contribution in [3.8, 4) is 0 Å². The van der Waals surface area contributed by atoms with Crippen LogP contribution in [0.4, 0.5) is 13.2 Å². The average Bonchev–Trinajstić information content (AvgIpc) is 2.48. The van der Waals surface area contributed by atoms with Crippen molar-refractivity contribution in [3.05, 3.63) is 11.9 Å². The van der Waals surface area contributed by atoms with Gasteiger partial charge < -0.3 is 5.73 Å². The number of nitrogens with two attached hydrogens (primary N) is 1. The van der Waals surface area contributed by atoms with Crippen molar-refractivity contribution in [2.24, 2.45) is 5.73 Å². The topological polar surface area (TPSA) is 90.9 Å². The number of halogens is 3. The number of aromatic nitrogens is 3. The van der Waals surface area contributed by atoms with Crippen LogP contribution in [-0.4, -0.2) is 32.9 Å². The van der Waals surface area contributed by atoms with Gasteiger partial charge in [0, 0.05) is 0 Å². The third-order valence-electron chi connectivity index (χ3n) is 1.35. The van der Waals surface area contributed by atoms with Crippen molar-refractivity contribution in [1.82, 2.24) is 15.0 Å². The lowest BCUT2D eigenvalue weighted by molar-refractivity contribution is -0.118. The molecule has 15 heavy (non-hydrogen) atoms. The molecule has 82 valence electrons. The molecular weight excluding hydrogens is 217 g/mol. The molecule has 0 aliphatic carbocycles. The van der Waals surface area contributed by atoms with Crippen molar-refractivity contribution in [3.63, 3.8) is 0 Å². The second-order valence-electron chi connectivity index (χ2n) is 2.59. The number of Topliss-reactive ketones (excluding diaryl/α,β-unsaturated/α-hetero) is 1. The zero-order valence-corrected chi connectivity index (χ0v) is 7.15. The minimum Gasteiger partial charge on any atom is -0.368 e. The summed E-state index contributed by atoms with van der Waals surface area (Å²) in [4.78, 5) is 21.0. The van der Waals surface area contributed by atoms with Crippen LogP contribution in [0.5, 0.6) is 0 Å². The van der Waals surface area contributed by atoms with Crippen LogP contribution in [0.1, 0.15) is 10.5 Å². The first-order valence-electron chi connectivity index (χ1n) is 3.60. The molecule has 0 saturated heterocycles. The molecule has 0 bridgehead atoms. The molecule has 6 nitrogen and oxygen atoms in total. The van der Waals surface area contributed by atoms with Gasteiger partial charge in [0.05, 0.1) is 6.20 Å². The SMILES string of the molecule is NC(=O)Cn1cc(C(=O)C(F)(F)F)nn1. The van der Waals surface area contributed by atoms with Crippen LogP contribution < -0.4 is 5.73 Å². The first-order chi connectivity index (χ1) is 6.80. The summed E-state index contributed by atoms with van der Waals surface area (Å²) in [5.41, 5.74) is 3.89. The highest BCUT2D eigenvalue weighted by Gasteiger charge is 2.41. The van der Waals surface area contributed by atoms with Crippen molar-refractivity contribution >= 4 is 11.7 Å². The highest BCUT2D eigenvalue weighted by atomic mass is 19.4. The van der Waals surface area contributed by atoms with Crippen LogP contribution in [-0.2, 0) is 11.3 Å². The summed E-state index contributed by atoms with van der Waals surface area (Å²) < 4.78 is 36.4. The smallest absolute Gasteiger partial charge is 0.368 e. The fourth-order valence-corrected chi connectivity index (χ4v) is 0.785. The molecule has 0 radical (unpaired) electrons. The number of hydrogen-bond acceptors (Lipinski definition) is 4. The Morgan fingerprint density at radius 2 is 2.07 bits per heavy atom. The Bertz CT molecular complexity index is 397. The van der Waals surface area contributed by atoms with E-state index < -0.39 is 30.1 Å². The largest absolute Gasteiger partial charge is 0.456 e. The average molecular weight is 222 g/mol. The van der Waals surface area contributed by atoms with Gasteiger partial charge in [-0.1, -0.05) is 5.21 Å². The number of carbonyl (C=O) groups is 2. The van der Waals surface area contributed by atoms with Crippen molar-refractivity contribution in [2.45, 2.75) is 12.7 Å². The summed E-state index contributed by atoms with van der Waals surface area (Å²) in [6, 6.07) is 0. The summed E-state index contributed by atoms with van der Waals surface area (Å²) >= 11 is 0. The predicted octanol–water partition coefficient (Wildman–Crippen LogP) is -0.492. The number of carbonyl (C=O) groups excluding carboxylic acids is 2. The molecule has 1 rings (SSSR count). The van der Waals surface area contributed by atoms with E-state index in [4.69, 9.17) is 5.73 Å². The molecule has 1 aromatic rings. The van der Waals surface area contributed by atoms with E-state index in [0.717, 1.165) is 4.68 Å². The standard InChI is InChI=1S/C6H5F3N4O2/c7-6(8,9)5(15)3-1-13(12-11-3)2-4(10)14/h1H,2H2,(H2,10,14). The Morgan fingerprint density at radius 1 is 1.47 bits per heavy atom. The first kappa shape index (κ1) is 11.1. The molecule has 0 unspecified atom stereocenters. The van der Waals surface area contributed by atoms with Gasteiger partial charge in [-0.15, -0.1) is 5.10 Å². The maximum absolute atomic E-state index is 11.9. The molecule has 0 aliphatic rings. The van der Waals surface area contributed by atoms with Crippen molar-refractivity contribution < 1.29 is 22.8 Å². The molecule has 0 aliphatic heterocycles. The van der Waals surface area contributed by atoms with Crippen LogP contribution in [0.2, 0.25) is 0 Å². The van der Waals surface area contributed by atoms with Gasteiger partial charge in [-0.3, -0.25) is 9.59 Å². The van der Waals surface area contributed by atoms with E-state index in [1.165, 1.54) is 0 Å². The molecule has 2 N–H and O–H groups in total. The lowest BCUT2D eigenvalue weighted by Gasteiger charge is -1.99. The molecule has 0 spiro atoms. The van der Waals surface area contributed by atoms with Gasteiger partial charge in [0.25, 0.3) is 5.78 Å². The Labute approximate surface area is 80.8 Å². The van der Waals surface area contributed by atoms with E-state index in [1.807, 2.05) is 0 Å². The zero-order valence-electron chi connectivity index (χ0n) is 7.15. The second kappa shape index (κ2) is 3.67. The van der Waals surface area contributed by atoms with Crippen LogP contribution in [0.15, 0.2) is 6.20 Å². The summed E-state index contributed by atoms with van der Waals surface area (Å²) in [7, 11) is 0. The fraction of sp³-hybridized carbons (Fsp3) is 0.333. The molecule has 0 saturated carbocycles. The highest BCUT2D eigenvalue weighted by Crippen LogP contribution is 2.19. The first-order valence-corrected chi connectivity index (χ1v) is 3.60. The van der Waals surface area contributed by atoms with E-state index in [9.17, 15) is 22.8 Å². The van der Waals surface area contributed by atoms with E-state index in [0.29, 0.717) is 6.20 Å². The lowest BCUT2D eigenvalue weighted by Crippen LogP contribution is -2.23. The third-order valence-corrected chi connectivity index (χ3v) is 1.35. The Hall–Kier alpha value is -1.93. The lowest BCUT2D eigenvalue weighted by atomic mass is 10.3. The fourth-order valence-electron chi connectivity index (χ4n) is 0.785. The second-order valence-corrected chi connectivity index (χ2v) is 2.59. The molecule has 1 aromatic heterocycles. The number of hydrogen-bond donors (Lipinski definition) is 1. The summed E-state index contributed by atoms with van der Waals surface area (Å²) in [6.07, 6.45) is -4.30. The van der Waals surface area contributed by atoms with Gasteiger partial charge in [0.2, 0.25) is 5.91 Å². The molecule has 0 fully saturated rings. The maximum Gasteiger partial charge on any atom is 0.456 e. The minimum absolute atomic E-state index is 0.432. The van der Waals surface area contributed by atoms with Gasteiger partial charge >= 0.3 is 6.18 Å². The Balaban J connectivity index is 2.85. The molecule has 0 atom stereocenters. The van der Waals surface area contributed by atoms with E-state index in [-0.39, 0.29) is 0 Å². The summed E-state index contributed by atoms with van der Waals surface area (Å²) in [5, 5.41) is 6.11. The molecular formula is C6H5F3N4O2. The van der Waals surface area contributed by atoms with Gasteiger partial charge in [-0.2, -0.15) is 13.2 Å². The van der Waals surface area contributed by atoms with E-state index in [2.05, 4.69) is 10.3 Å². The van der Waals surface area contributed by atoms with Crippen molar-refractivity contribution in [2.75, 3.05) is 0 Å². The predicted molar refractivity (Wildman–Crippen MR) is 39.6 cm³/mol. The number of alkyl halides is 3.